The number of esters is 2. The Balaban J connectivity index is 1.33. The number of nitrogens with zero attached hydrogens (tertiary/aromatic N) is 1. The summed E-state index contributed by atoms with van der Waals surface area (Å²) in [7, 11) is 1.63. The number of ether oxygens (including phenoxy) is 5. The highest BCUT2D eigenvalue weighted by Crippen LogP contribution is 2.44. The van der Waals surface area contributed by atoms with Gasteiger partial charge in [-0.15, -0.1) is 0 Å². The summed E-state index contributed by atoms with van der Waals surface area (Å²) < 4.78 is 34.7. The van der Waals surface area contributed by atoms with Crippen molar-refractivity contribution in [3.8, 4) is 0 Å². The smallest absolute Gasteiger partial charge is 0.338 e. The highest BCUT2D eigenvalue weighted by molar-refractivity contribution is 5.78. The maximum atomic E-state index is 13.4. The third-order valence-electron chi connectivity index (χ3n) is 9.63. The summed E-state index contributed by atoms with van der Waals surface area (Å²) in [5, 5.41) is 11.4. The number of allylic oxidation sites excluding steroid dienone is 4. The van der Waals surface area contributed by atoms with E-state index in [9.17, 15) is 14.7 Å². The van der Waals surface area contributed by atoms with Crippen LogP contribution in [0.4, 0.5) is 0 Å². The first-order chi connectivity index (χ1) is 21.4. The fourth-order valence-electron chi connectivity index (χ4n) is 6.64. The average molecular weight is 626 g/mol. The lowest BCUT2D eigenvalue weighted by atomic mass is 9.84. The van der Waals surface area contributed by atoms with Crippen molar-refractivity contribution in [1.29, 1.82) is 0 Å². The highest BCUT2D eigenvalue weighted by Gasteiger charge is 2.57. The summed E-state index contributed by atoms with van der Waals surface area (Å²) in [5.41, 5.74) is 1.86. The third kappa shape index (κ3) is 8.03. The molecule has 45 heavy (non-hydrogen) atoms. The van der Waals surface area contributed by atoms with Crippen LogP contribution in [0.3, 0.4) is 0 Å². The molecule has 4 aliphatic heterocycles. The lowest BCUT2D eigenvalue weighted by Crippen LogP contribution is -2.42. The monoisotopic (exact) mass is 625 g/mol. The van der Waals surface area contributed by atoms with Gasteiger partial charge in [0.2, 0.25) is 0 Å². The van der Waals surface area contributed by atoms with E-state index in [4.69, 9.17) is 28.1 Å². The second kappa shape index (κ2) is 13.7. The molecule has 10 nitrogen and oxygen atoms in total. The van der Waals surface area contributed by atoms with Gasteiger partial charge in [0.05, 0.1) is 18.3 Å². The number of aliphatic hydroxyl groups is 1. The number of fused-ring (bicyclic) bond motifs is 4. The molecule has 10 heteroatoms. The van der Waals surface area contributed by atoms with Crippen LogP contribution in [0.15, 0.2) is 52.2 Å². The van der Waals surface area contributed by atoms with Crippen molar-refractivity contribution in [3.05, 3.63) is 59.4 Å². The van der Waals surface area contributed by atoms with Gasteiger partial charge in [0, 0.05) is 38.7 Å². The average Bonchev–Trinajstić information content (AvgIpc) is 3.86. The zero-order valence-electron chi connectivity index (χ0n) is 27.3. The third-order valence-corrected chi connectivity index (χ3v) is 9.63. The number of aryl methyl sites for hydroxylation is 1. The molecule has 3 saturated heterocycles. The highest BCUT2D eigenvalue weighted by atomic mass is 16.6. The van der Waals surface area contributed by atoms with E-state index in [-0.39, 0.29) is 48.5 Å². The van der Waals surface area contributed by atoms with Crippen LogP contribution < -0.4 is 0 Å². The van der Waals surface area contributed by atoms with Gasteiger partial charge in [-0.2, -0.15) is 0 Å². The molecule has 0 amide bonds. The van der Waals surface area contributed by atoms with Crippen LogP contribution in [-0.2, 0) is 33.3 Å². The lowest BCUT2D eigenvalue weighted by molar-refractivity contribution is -0.159. The molecule has 1 aromatic rings. The Morgan fingerprint density at radius 1 is 1.16 bits per heavy atom. The van der Waals surface area contributed by atoms with Crippen molar-refractivity contribution in [1.82, 2.24) is 4.98 Å². The summed E-state index contributed by atoms with van der Waals surface area (Å²) in [6, 6.07) is 0. The number of hydrogen-bond acceptors (Lipinski definition) is 10. The molecule has 246 valence electrons. The Bertz CT molecular complexity index is 1360. The molecule has 5 heterocycles. The number of aromatic nitrogens is 1. The second-order valence-electron chi connectivity index (χ2n) is 13.3. The first kappa shape index (κ1) is 33.3. The Kier molecular flexibility index (Phi) is 10.2. The van der Waals surface area contributed by atoms with E-state index < -0.39 is 36.0 Å². The fraction of sp³-hybridized carbons (Fsp3) is 0.629. The van der Waals surface area contributed by atoms with E-state index in [1.165, 1.54) is 0 Å². The Hall–Kier alpha value is -3.05. The van der Waals surface area contributed by atoms with Crippen molar-refractivity contribution >= 4 is 18.0 Å². The number of oxazole rings is 1. The number of carbonyl (C=O) groups is 2. The fourth-order valence-corrected chi connectivity index (χ4v) is 6.64. The molecule has 1 aromatic heterocycles. The maximum absolute atomic E-state index is 13.4. The summed E-state index contributed by atoms with van der Waals surface area (Å²) in [6.07, 6.45) is 11.7. The predicted molar refractivity (Wildman–Crippen MR) is 166 cm³/mol. The van der Waals surface area contributed by atoms with Gasteiger partial charge in [-0.05, 0) is 56.8 Å². The molecule has 0 saturated carbocycles. The topological polar surface area (TPSA) is 133 Å². The van der Waals surface area contributed by atoms with Crippen LogP contribution >= 0.6 is 0 Å². The molecular weight excluding hydrogens is 578 g/mol. The van der Waals surface area contributed by atoms with E-state index in [1.807, 2.05) is 71.1 Å². The Labute approximate surface area is 265 Å². The maximum Gasteiger partial charge on any atom is 0.338 e. The van der Waals surface area contributed by atoms with E-state index in [0.29, 0.717) is 25.2 Å². The summed E-state index contributed by atoms with van der Waals surface area (Å²) >= 11 is 0. The van der Waals surface area contributed by atoms with E-state index in [0.717, 1.165) is 16.8 Å². The number of carbonyl (C=O) groups excluding carboxylic acids is 2. The predicted octanol–water partition coefficient (Wildman–Crippen LogP) is 5.05. The van der Waals surface area contributed by atoms with Gasteiger partial charge in [-0.1, -0.05) is 44.2 Å². The SMILES string of the molecule is CO[C@@H](/C(C)=C/C=C/C(C)=C/c1coc(C)n1)[C@@H](C)[C@@H]1C[C@H](O)[C@]2(C)O[C@@H]2/C=C/[C@@H](C)[C@H]2C[C@H](CC(=O)O2)C[C@H]2O[C@H]2C(=O)O1. The minimum atomic E-state index is -0.905. The first-order valence-electron chi connectivity index (χ1n) is 16.0. The summed E-state index contributed by atoms with van der Waals surface area (Å²) in [6.45, 7) is 11.6. The quantitative estimate of drug-likeness (QED) is 0.190. The molecular formula is C35H47NO9. The van der Waals surface area contributed by atoms with Gasteiger partial charge in [-0.3, -0.25) is 4.79 Å². The van der Waals surface area contributed by atoms with Gasteiger partial charge >= 0.3 is 11.9 Å². The van der Waals surface area contributed by atoms with Crippen molar-refractivity contribution < 1.29 is 42.8 Å². The van der Waals surface area contributed by atoms with Crippen molar-refractivity contribution in [2.45, 2.75) is 116 Å². The van der Waals surface area contributed by atoms with Gasteiger partial charge in [-0.25, -0.2) is 9.78 Å². The van der Waals surface area contributed by atoms with Crippen LogP contribution in [-0.4, -0.2) is 77.5 Å². The minimum Gasteiger partial charge on any atom is -0.462 e. The van der Waals surface area contributed by atoms with Crippen LogP contribution in [0.25, 0.3) is 6.08 Å². The normalized spacial score (nSPS) is 38.0. The molecule has 2 bridgehead atoms. The molecule has 3 fully saturated rings. The zero-order chi connectivity index (χ0) is 32.5. The number of methoxy groups -OCH3 is 1. The summed E-state index contributed by atoms with van der Waals surface area (Å²) in [5.74, 6) is -0.316. The standard InChI is InChI=1S/C35H47NO9/c1-19(13-25-18-41-23(5)36-25)9-8-10-21(3)32(40-7)22(4)27-17-29(37)35(6)30(45-35)12-11-20(2)26-14-24(16-31(38)42-26)15-28-33(43-28)34(39)44-27/h8-13,18,20,22,24,26-30,32-33,37H,14-17H2,1-7H3/b9-8+,12-11+,19-13+,21-10+/t20-,22+,24+,26-,27+,28-,29+,30-,32+,33-,35+/m1/s1. The van der Waals surface area contributed by atoms with Crippen LogP contribution in [0, 0.1) is 24.7 Å². The van der Waals surface area contributed by atoms with Crippen molar-refractivity contribution in [2.75, 3.05) is 7.11 Å². The lowest BCUT2D eigenvalue weighted by Gasteiger charge is -2.33. The zero-order valence-corrected chi connectivity index (χ0v) is 27.3. The van der Waals surface area contributed by atoms with Gasteiger partial charge in [0.15, 0.2) is 12.0 Å². The second-order valence-corrected chi connectivity index (χ2v) is 13.3. The van der Waals surface area contributed by atoms with E-state index in [1.54, 1.807) is 20.3 Å². The van der Waals surface area contributed by atoms with Crippen LogP contribution in [0.1, 0.15) is 71.9 Å². The van der Waals surface area contributed by atoms with Gasteiger partial charge in [0.1, 0.15) is 35.9 Å². The first-order valence-corrected chi connectivity index (χ1v) is 16.0. The molecule has 4 aliphatic rings. The van der Waals surface area contributed by atoms with Crippen molar-refractivity contribution in [3.63, 3.8) is 0 Å². The van der Waals surface area contributed by atoms with Gasteiger partial charge in [0.25, 0.3) is 0 Å². The van der Waals surface area contributed by atoms with Crippen molar-refractivity contribution in [2.24, 2.45) is 17.8 Å². The summed E-state index contributed by atoms with van der Waals surface area (Å²) in [4.78, 5) is 30.1. The Morgan fingerprint density at radius 2 is 1.91 bits per heavy atom. The van der Waals surface area contributed by atoms with E-state index in [2.05, 4.69) is 4.98 Å². The molecule has 0 unspecified atom stereocenters. The molecule has 1 N–H and O–H groups in total. The van der Waals surface area contributed by atoms with Crippen LogP contribution in [0.2, 0.25) is 0 Å². The number of epoxide rings is 2. The van der Waals surface area contributed by atoms with E-state index >= 15 is 0 Å². The molecule has 0 radical (unpaired) electrons. The minimum absolute atomic E-state index is 0.0130. The molecule has 11 atom stereocenters. The van der Waals surface area contributed by atoms with Crippen LogP contribution in [0.5, 0.6) is 0 Å². The number of rotatable bonds is 7. The molecule has 0 spiro atoms. The number of cyclic esters (lactones) is 1. The number of aliphatic hydroxyl groups excluding tert-OH is 1. The number of hydrogen-bond donors (Lipinski definition) is 1. The molecule has 0 aliphatic carbocycles. The Morgan fingerprint density at radius 3 is 2.62 bits per heavy atom. The largest absolute Gasteiger partial charge is 0.462 e. The van der Waals surface area contributed by atoms with Gasteiger partial charge < -0.3 is 33.2 Å². The molecule has 0 aromatic carbocycles. The molecule has 5 rings (SSSR count).